The minimum Gasteiger partial charge on any atom is -0.369 e. The summed E-state index contributed by atoms with van der Waals surface area (Å²) < 4.78 is 41.3. The van der Waals surface area contributed by atoms with Crippen LogP contribution in [0.1, 0.15) is 18.4 Å². The Kier molecular flexibility index (Phi) is 4.31. The van der Waals surface area contributed by atoms with Gasteiger partial charge < -0.3 is 4.74 Å². The number of alkyl halides is 3. The first kappa shape index (κ1) is 14.8. The lowest BCUT2D eigenvalue weighted by molar-refractivity contribution is -0.177. The molecule has 1 aliphatic carbocycles. The van der Waals surface area contributed by atoms with Crippen molar-refractivity contribution in [3.05, 3.63) is 35.9 Å². The van der Waals surface area contributed by atoms with Gasteiger partial charge in [0.25, 0.3) is 0 Å². The van der Waals surface area contributed by atoms with Gasteiger partial charge in [-0.25, -0.2) is 0 Å². The van der Waals surface area contributed by atoms with E-state index in [2.05, 4.69) is 11.4 Å². The summed E-state index contributed by atoms with van der Waals surface area (Å²) in [6.07, 6.45) is -2.54. The van der Waals surface area contributed by atoms with Crippen LogP contribution in [0.3, 0.4) is 0 Å². The van der Waals surface area contributed by atoms with E-state index < -0.39 is 18.3 Å². The molecule has 108 valence electrons. The molecule has 0 aliphatic heterocycles. The van der Waals surface area contributed by atoms with Gasteiger partial charge in [0.2, 0.25) is 0 Å². The normalized spacial score (nSPS) is 18.3. The molecule has 1 fully saturated rings. The van der Waals surface area contributed by atoms with Gasteiger partial charge >= 0.3 is 6.18 Å². The third kappa shape index (κ3) is 3.95. The van der Waals surface area contributed by atoms with E-state index in [0.29, 0.717) is 5.56 Å². The first-order chi connectivity index (χ1) is 9.45. The molecule has 1 atom stereocenters. The molecule has 0 saturated heterocycles. The summed E-state index contributed by atoms with van der Waals surface area (Å²) in [5.74, 6) is 0. The summed E-state index contributed by atoms with van der Waals surface area (Å²) in [6, 6.07) is 11.0. The highest BCUT2D eigenvalue weighted by Gasteiger charge is 2.39. The maximum Gasteiger partial charge on any atom is 0.411 e. The first-order valence-corrected chi connectivity index (χ1v) is 6.34. The van der Waals surface area contributed by atoms with E-state index in [-0.39, 0.29) is 12.6 Å². The van der Waals surface area contributed by atoms with Crippen molar-refractivity contribution in [2.24, 2.45) is 0 Å². The topological polar surface area (TPSA) is 45.0 Å². The van der Waals surface area contributed by atoms with Crippen LogP contribution in [0.25, 0.3) is 0 Å². The minimum absolute atomic E-state index is 0.171. The fraction of sp³-hybridized carbons (Fsp3) is 0.500. The molecule has 1 aromatic carbocycles. The van der Waals surface area contributed by atoms with Gasteiger partial charge in [0, 0.05) is 6.04 Å². The number of ether oxygens (including phenoxy) is 1. The maximum absolute atomic E-state index is 12.2. The molecule has 1 aromatic rings. The predicted octanol–water partition coefficient (Wildman–Crippen LogP) is 2.74. The molecule has 1 unspecified atom stereocenters. The lowest BCUT2D eigenvalue weighted by Gasteiger charge is -2.28. The molecule has 2 rings (SSSR count). The van der Waals surface area contributed by atoms with Crippen LogP contribution in [0.5, 0.6) is 0 Å². The van der Waals surface area contributed by atoms with E-state index in [1.165, 1.54) is 0 Å². The van der Waals surface area contributed by atoms with E-state index >= 15 is 0 Å². The molecule has 0 spiro atoms. The Labute approximate surface area is 115 Å². The summed E-state index contributed by atoms with van der Waals surface area (Å²) in [7, 11) is 0. The van der Waals surface area contributed by atoms with Gasteiger partial charge in [0.1, 0.15) is 6.61 Å². The van der Waals surface area contributed by atoms with Crippen LogP contribution in [0, 0.1) is 11.3 Å². The molecule has 3 nitrogen and oxygen atoms in total. The van der Waals surface area contributed by atoms with Gasteiger partial charge in [-0.2, -0.15) is 18.4 Å². The van der Waals surface area contributed by atoms with E-state index in [1.807, 2.05) is 0 Å². The van der Waals surface area contributed by atoms with Crippen molar-refractivity contribution < 1.29 is 17.9 Å². The highest BCUT2D eigenvalue weighted by molar-refractivity contribution is 5.32. The Balaban J connectivity index is 2.13. The zero-order valence-corrected chi connectivity index (χ0v) is 10.8. The number of hydrogen-bond acceptors (Lipinski definition) is 3. The highest BCUT2D eigenvalue weighted by atomic mass is 19.4. The highest BCUT2D eigenvalue weighted by Crippen LogP contribution is 2.29. The molecule has 6 heteroatoms. The molecule has 0 amide bonds. The summed E-state index contributed by atoms with van der Waals surface area (Å²) in [6.45, 7) is -1.68. The second kappa shape index (κ2) is 5.81. The minimum atomic E-state index is -4.39. The summed E-state index contributed by atoms with van der Waals surface area (Å²) in [5, 5.41) is 12.6. The van der Waals surface area contributed by atoms with Gasteiger partial charge in [0.05, 0.1) is 12.7 Å². The van der Waals surface area contributed by atoms with Gasteiger partial charge in [-0.1, -0.05) is 30.3 Å². The zero-order chi connectivity index (χ0) is 14.6. The van der Waals surface area contributed by atoms with Crippen molar-refractivity contribution in [2.75, 3.05) is 13.2 Å². The molecule has 0 heterocycles. The smallest absolute Gasteiger partial charge is 0.369 e. The zero-order valence-electron chi connectivity index (χ0n) is 10.8. The van der Waals surface area contributed by atoms with E-state index in [0.717, 1.165) is 12.8 Å². The Morgan fingerprint density at radius 3 is 2.35 bits per heavy atom. The van der Waals surface area contributed by atoms with Gasteiger partial charge in [-0.15, -0.1) is 0 Å². The van der Waals surface area contributed by atoms with E-state index in [9.17, 15) is 18.4 Å². The Hall–Kier alpha value is -1.58. The fourth-order valence-corrected chi connectivity index (χ4v) is 1.96. The summed E-state index contributed by atoms with van der Waals surface area (Å²) in [4.78, 5) is 0. The number of nitrogens with one attached hydrogen (secondary N) is 1. The van der Waals surface area contributed by atoms with Crippen LogP contribution in [0.4, 0.5) is 13.2 Å². The number of halogens is 3. The van der Waals surface area contributed by atoms with Crippen LogP contribution in [0.2, 0.25) is 0 Å². The van der Waals surface area contributed by atoms with E-state index in [1.54, 1.807) is 30.3 Å². The quantitative estimate of drug-likeness (QED) is 0.873. The lowest BCUT2D eigenvalue weighted by Crippen LogP contribution is -2.47. The lowest BCUT2D eigenvalue weighted by atomic mass is 9.92. The molecule has 0 aromatic heterocycles. The Morgan fingerprint density at radius 1 is 1.20 bits per heavy atom. The van der Waals surface area contributed by atoms with Crippen LogP contribution in [-0.2, 0) is 10.3 Å². The maximum atomic E-state index is 12.2. The van der Waals surface area contributed by atoms with E-state index in [4.69, 9.17) is 4.74 Å². The molecule has 0 bridgehead atoms. The molecule has 20 heavy (non-hydrogen) atoms. The number of nitriles is 1. The SMILES string of the molecule is N#CC(COCC(F)(F)F)(NC1CC1)c1ccccc1. The summed E-state index contributed by atoms with van der Waals surface area (Å²) >= 11 is 0. The number of nitrogens with zero attached hydrogens (tertiary/aromatic N) is 1. The second-order valence-electron chi connectivity index (χ2n) is 4.91. The summed E-state index contributed by atoms with van der Waals surface area (Å²) in [5.41, 5.74) is -0.607. The fourth-order valence-electron chi connectivity index (χ4n) is 1.96. The average molecular weight is 284 g/mol. The monoisotopic (exact) mass is 284 g/mol. The first-order valence-electron chi connectivity index (χ1n) is 6.34. The third-order valence-corrected chi connectivity index (χ3v) is 3.07. The van der Waals surface area contributed by atoms with Crippen molar-refractivity contribution in [3.63, 3.8) is 0 Å². The van der Waals surface area contributed by atoms with Crippen LogP contribution < -0.4 is 5.32 Å². The van der Waals surface area contributed by atoms with Crippen molar-refractivity contribution in [3.8, 4) is 6.07 Å². The third-order valence-electron chi connectivity index (χ3n) is 3.07. The van der Waals surface area contributed by atoms with Gasteiger partial charge in [-0.3, -0.25) is 5.32 Å². The molecule has 1 saturated carbocycles. The van der Waals surface area contributed by atoms with Crippen LogP contribution in [-0.4, -0.2) is 25.4 Å². The number of benzene rings is 1. The molecule has 1 N–H and O–H groups in total. The standard InChI is InChI=1S/C14H15F3N2O/c15-14(16,17)10-20-9-13(8-18,19-12-6-7-12)11-4-2-1-3-5-11/h1-5,12,19H,6-7,9-10H2. The van der Waals surface area contributed by atoms with Crippen molar-refractivity contribution in [1.29, 1.82) is 5.26 Å². The van der Waals surface area contributed by atoms with Gasteiger partial charge in [-0.05, 0) is 18.4 Å². The Morgan fingerprint density at radius 2 is 1.85 bits per heavy atom. The number of rotatable bonds is 6. The van der Waals surface area contributed by atoms with Crippen molar-refractivity contribution in [1.82, 2.24) is 5.32 Å². The van der Waals surface area contributed by atoms with Crippen molar-refractivity contribution >= 4 is 0 Å². The largest absolute Gasteiger partial charge is 0.411 e. The van der Waals surface area contributed by atoms with Crippen LogP contribution >= 0.6 is 0 Å². The van der Waals surface area contributed by atoms with Crippen LogP contribution in [0.15, 0.2) is 30.3 Å². The van der Waals surface area contributed by atoms with Gasteiger partial charge in [0.15, 0.2) is 5.54 Å². The molecule has 0 radical (unpaired) electrons. The second-order valence-corrected chi connectivity index (χ2v) is 4.91. The predicted molar refractivity (Wildman–Crippen MR) is 66.8 cm³/mol. The molecular formula is C14H15F3N2O. The van der Waals surface area contributed by atoms with Crippen molar-refractivity contribution in [2.45, 2.75) is 30.6 Å². The number of hydrogen-bond donors (Lipinski definition) is 1. The molecular weight excluding hydrogens is 269 g/mol. The Bertz CT molecular complexity index is 479. The molecule has 1 aliphatic rings. The average Bonchev–Trinajstić information content (AvgIpc) is 3.21.